The molecule has 1 atom stereocenters. The van der Waals surface area contributed by atoms with Crippen molar-refractivity contribution >= 4 is 11.6 Å². The largest absolute Gasteiger partial charge is 0.370 e. The highest BCUT2D eigenvalue weighted by Gasteiger charge is 2.27. The fourth-order valence-corrected chi connectivity index (χ4v) is 3.03. The van der Waals surface area contributed by atoms with Crippen LogP contribution in [0.4, 0.5) is 0 Å². The fraction of sp³-hybridized carbons (Fsp3) is 0.278. The number of morpholine rings is 1. The van der Waals surface area contributed by atoms with Crippen molar-refractivity contribution in [2.45, 2.75) is 13.0 Å². The van der Waals surface area contributed by atoms with Crippen molar-refractivity contribution in [2.24, 2.45) is 0 Å². The zero-order valence-corrected chi connectivity index (χ0v) is 13.4. The summed E-state index contributed by atoms with van der Waals surface area (Å²) in [6.07, 6.45) is 5.17. The molecule has 1 amide bonds. The van der Waals surface area contributed by atoms with Crippen LogP contribution in [0.15, 0.2) is 48.9 Å². The molecule has 0 bridgehead atoms. The zero-order valence-electron chi connectivity index (χ0n) is 13.4. The van der Waals surface area contributed by atoms with Crippen molar-refractivity contribution in [3.63, 3.8) is 0 Å². The summed E-state index contributed by atoms with van der Waals surface area (Å²) in [6, 6.07) is 9.69. The van der Waals surface area contributed by atoms with Crippen LogP contribution in [-0.2, 0) is 4.74 Å². The maximum atomic E-state index is 12.8. The molecule has 3 aromatic heterocycles. The lowest BCUT2D eigenvalue weighted by atomic mass is 10.1. The van der Waals surface area contributed by atoms with Crippen LogP contribution in [0.3, 0.4) is 0 Å². The molecule has 0 saturated carbocycles. The number of imidazole rings is 1. The van der Waals surface area contributed by atoms with Gasteiger partial charge in [-0.15, -0.1) is 0 Å². The van der Waals surface area contributed by atoms with Crippen molar-refractivity contribution in [1.29, 1.82) is 0 Å². The molecule has 0 unspecified atom stereocenters. The molecule has 0 aliphatic carbocycles. The number of hydrogen-bond acceptors (Lipinski definition) is 4. The van der Waals surface area contributed by atoms with E-state index in [1.54, 1.807) is 12.4 Å². The van der Waals surface area contributed by atoms with Gasteiger partial charge in [-0.1, -0.05) is 6.07 Å². The number of nitrogens with zero attached hydrogens (tertiary/aromatic N) is 4. The first-order valence-corrected chi connectivity index (χ1v) is 7.98. The molecule has 0 spiro atoms. The van der Waals surface area contributed by atoms with Crippen LogP contribution < -0.4 is 0 Å². The van der Waals surface area contributed by atoms with Gasteiger partial charge in [0.2, 0.25) is 0 Å². The van der Waals surface area contributed by atoms with Crippen LogP contribution in [0.25, 0.3) is 5.65 Å². The summed E-state index contributed by atoms with van der Waals surface area (Å²) < 4.78 is 7.75. The van der Waals surface area contributed by atoms with E-state index in [1.807, 2.05) is 52.8 Å². The normalized spacial score (nSPS) is 18.0. The smallest absolute Gasteiger partial charge is 0.274 e. The van der Waals surface area contributed by atoms with Gasteiger partial charge in [0.25, 0.3) is 5.91 Å². The topological polar surface area (TPSA) is 59.7 Å². The van der Waals surface area contributed by atoms with Crippen LogP contribution in [0.5, 0.6) is 0 Å². The van der Waals surface area contributed by atoms with Crippen LogP contribution in [0.1, 0.15) is 27.8 Å². The minimum absolute atomic E-state index is 0.0551. The zero-order chi connectivity index (χ0) is 16.5. The number of aromatic nitrogens is 3. The van der Waals surface area contributed by atoms with Crippen molar-refractivity contribution in [3.8, 4) is 0 Å². The second kappa shape index (κ2) is 6.05. The standard InChI is InChI=1S/C18H18N4O2/c1-13-3-2-4-17-20-15(11-22(13)17)18(23)21-9-10-24-16(12-21)14-5-7-19-8-6-14/h2-8,11,16H,9-10,12H2,1H3/t16-/m1/s1. The second-order valence-corrected chi connectivity index (χ2v) is 5.91. The third-order valence-electron chi connectivity index (χ3n) is 4.35. The van der Waals surface area contributed by atoms with E-state index in [4.69, 9.17) is 4.74 Å². The van der Waals surface area contributed by atoms with Crippen LogP contribution >= 0.6 is 0 Å². The molecule has 0 radical (unpaired) electrons. The Morgan fingerprint density at radius 2 is 2.08 bits per heavy atom. The number of ether oxygens (including phenoxy) is 1. The van der Waals surface area contributed by atoms with Crippen LogP contribution in [-0.4, -0.2) is 44.9 Å². The number of aryl methyl sites for hydroxylation is 1. The first-order valence-electron chi connectivity index (χ1n) is 7.98. The summed E-state index contributed by atoms with van der Waals surface area (Å²) in [6.45, 7) is 3.62. The van der Waals surface area contributed by atoms with Gasteiger partial charge in [-0.25, -0.2) is 4.98 Å². The summed E-state index contributed by atoms with van der Waals surface area (Å²) in [5.74, 6) is -0.0551. The van der Waals surface area contributed by atoms with E-state index in [2.05, 4.69) is 9.97 Å². The van der Waals surface area contributed by atoms with E-state index in [1.165, 1.54) is 0 Å². The lowest BCUT2D eigenvalue weighted by Crippen LogP contribution is -2.42. The molecule has 1 aliphatic rings. The molecule has 1 aliphatic heterocycles. The van der Waals surface area contributed by atoms with Crippen LogP contribution in [0.2, 0.25) is 0 Å². The third-order valence-corrected chi connectivity index (χ3v) is 4.35. The van der Waals surface area contributed by atoms with Gasteiger partial charge in [-0.05, 0) is 36.8 Å². The third kappa shape index (κ3) is 2.65. The molecular formula is C18H18N4O2. The van der Waals surface area contributed by atoms with E-state index in [0.717, 1.165) is 16.9 Å². The predicted molar refractivity (Wildman–Crippen MR) is 88.8 cm³/mol. The molecule has 1 fully saturated rings. The average molecular weight is 322 g/mol. The quantitative estimate of drug-likeness (QED) is 0.726. The molecule has 24 heavy (non-hydrogen) atoms. The number of pyridine rings is 2. The average Bonchev–Trinajstić information content (AvgIpc) is 3.08. The van der Waals surface area contributed by atoms with Gasteiger partial charge >= 0.3 is 0 Å². The molecular weight excluding hydrogens is 304 g/mol. The molecule has 0 aromatic carbocycles. The number of carbonyl (C=O) groups excluding carboxylic acids is 1. The van der Waals surface area contributed by atoms with Gasteiger partial charge in [-0.3, -0.25) is 9.78 Å². The second-order valence-electron chi connectivity index (χ2n) is 5.91. The maximum Gasteiger partial charge on any atom is 0.274 e. The van der Waals surface area contributed by atoms with Gasteiger partial charge in [0.05, 0.1) is 13.2 Å². The molecule has 1 saturated heterocycles. The first kappa shape index (κ1) is 14.8. The number of hydrogen-bond donors (Lipinski definition) is 0. The lowest BCUT2D eigenvalue weighted by Gasteiger charge is -2.32. The van der Waals surface area contributed by atoms with E-state index < -0.39 is 0 Å². The molecule has 6 heteroatoms. The Labute approximate surface area is 139 Å². The molecule has 4 heterocycles. The Hall–Kier alpha value is -2.73. The summed E-state index contributed by atoms with van der Waals surface area (Å²) in [4.78, 5) is 23.1. The maximum absolute atomic E-state index is 12.8. The Balaban J connectivity index is 1.58. The van der Waals surface area contributed by atoms with Crippen molar-refractivity contribution in [3.05, 3.63) is 65.9 Å². The number of rotatable bonds is 2. The summed E-state index contributed by atoms with van der Waals surface area (Å²) in [7, 11) is 0. The monoisotopic (exact) mass is 322 g/mol. The Morgan fingerprint density at radius 3 is 2.88 bits per heavy atom. The van der Waals surface area contributed by atoms with Crippen molar-refractivity contribution < 1.29 is 9.53 Å². The Morgan fingerprint density at radius 1 is 1.25 bits per heavy atom. The van der Waals surface area contributed by atoms with E-state index >= 15 is 0 Å². The van der Waals surface area contributed by atoms with E-state index in [-0.39, 0.29) is 12.0 Å². The Kier molecular flexibility index (Phi) is 3.74. The fourth-order valence-electron chi connectivity index (χ4n) is 3.03. The SMILES string of the molecule is Cc1cccc2nc(C(=O)N3CCO[C@@H](c4ccncc4)C3)cn12. The highest BCUT2D eigenvalue weighted by Crippen LogP contribution is 2.22. The molecule has 122 valence electrons. The molecule has 3 aromatic rings. The molecule has 6 nitrogen and oxygen atoms in total. The van der Waals surface area contributed by atoms with Gasteiger partial charge in [-0.2, -0.15) is 0 Å². The van der Waals surface area contributed by atoms with Gasteiger partial charge in [0, 0.05) is 30.8 Å². The number of carbonyl (C=O) groups is 1. The first-order chi connectivity index (χ1) is 11.7. The van der Waals surface area contributed by atoms with Crippen LogP contribution in [0, 0.1) is 6.92 Å². The predicted octanol–water partition coefficient (Wildman–Crippen LogP) is 2.25. The number of fused-ring (bicyclic) bond motifs is 1. The highest BCUT2D eigenvalue weighted by molar-refractivity contribution is 5.93. The van der Waals surface area contributed by atoms with E-state index in [9.17, 15) is 4.79 Å². The minimum Gasteiger partial charge on any atom is -0.370 e. The summed E-state index contributed by atoms with van der Waals surface area (Å²) in [5, 5.41) is 0. The lowest BCUT2D eigenvalue weighted by molar-refractivity contribution is -0.0230. The van der Waals surface area contributed by atoms with E-state index in [0.29, 0.717) is 25.4 Å². The minimum atomic E-state index is -0.121. The number of amides is 1. The molecule has 0 N–H and O–H groups in total. The summed E-state index contributed by atoms with van der Waals surface area (Å²) in [5.41, 5.74) is 3.35. The van der Waals surface area contributed by atoms with Crippen molar-refractivity contribution in [2.75, 3.05) is 19.7 Å². The summed E-state index contributed by atoms with van der Waals surface area (Å²) >= 11 is 0. The highest BCUT2D eigenvalue weighted by atomic mass is 16.5. The van der Waals surface area contributed by atoms with Gasteiger partial charge in [0.15, 0.2) is 0 Å². The van der Waals surface area contributed by atoms with Crippen molar-refractivity contribution in [1.82, 2.24) is 19.3 Å². The van der Waals surface area contributed by atoms with Gasteiger partial charge < -0.3 is 14.0 Å². The molecule has 4 rings (SSSR count). The Bertz CT molecular complexity index is 875. The van der Waals surface area contributed by atoms with Gasteiger partial charge in [0.1, 0.15) is 17.4 Å².